The molecule has 2 unspecified atom stereocenters. The van der Waals surface area contributed by atoms with Gasteiger partial charge in [-0.05, 0) is 37.3 Å². The second-order valence-corrected chi connectivity index (χ2v) is 5.43. The highest BCUT2D eigenvalue weighted by molar-refractivity contribution is 5.41. The van der Waals surface area contributed by atoms with Crippen LogP contribution in [0.15, 0.2) is 18.2 Å². The van der Waals surface area contributed by atoms with E-state index in [-0.39, 0.29) is 5.60 Å². The molecule has 1 heterocycles. The molecule has 1 saturated heterocycles. The zero-order valence-electron chi connectivity index (χ0n) is 10.8. The Labute approximate surface area is 103 Å². The summed E-state index contributed by atoms with van der Waals surface area (Å²) in [6, 6.07) is 6.81. The third-order valence-corrected chi connectivity index (χ3v) is 4.18. The fourth-order valence-electron chi connectivity index (χ4n) is 3.17. The number of ether oxygens (including phenoxy) is 1. The summed E-state index contributed by atoms with van der Waals surface area (Å²) in [5.74, 6) is 0. The van der Waals surface area contributed by atoms with Gasteiger partial charge in [0.15, 0.2) is 0 Å². The molecular formula is C15H21NO. The van der Waals surface area contributed by atoms with Gasteiger partial charge in [0.25, 0.3) is 0 Å². The molecule has 0 amide bonds. The second-order valence-electron chi connectivity index (χ2n) is 5.43. The molecule has 1 spiro atoms. The Morgan fingerprint density at radius 1 is 1.47 bits per heavy atom. The van der Waals surface area contributed by atoms with Crippen LogP contribution >= 0.6 is 0 Å². The zero-order valence-corrected chi connectivity index (χ0v) is 10.8. The van der Waals surface area contributed by atoms with Gasteiger partial charge in [0, 0.05) is 13.1 Å². The Balaban J connectivity index is 1.98. The van der Waals surface area contributed by atoms with Crippen molar-refractivity contribution in [2.24, 2.45) is 0 Å². The van der Waals surface area contributed by atoms with Gasteiger partial charge in [-0.1, -0.05) is 30.7 Å². The van der Waals surface area contributed by atoms with Crippen LogP contribution in [0.2, 0.25) is 0 Å². The van der Waals surface area contributed by atoms with E-state index in [9.17, 15) is 0 Å². The van der Waals surface area contributed by atoms with Crippen LogP contribution in [-0.4, -0.2) is 19.2 Å². The molecular weight excluding hydrogens is 210 g/mol. The highest BCUT2D eigenvalue weighted by Crippen LogP contribution is 2.42. The summed E-state index contributed by atoms with van der Waals surface area (Å²) in [6.07, 6.45) is 3.76. The monoisotopic (exact) mass is 231 g/mol. The van der Waals surface area contributed by atoms with Gasteiger partial charge >= 0.3 is 0 Å². The number of aryl methyl sites for hydroxylation is 2. The number of benzene rings is 1. The molecule has 1 aliphatic carbocycles. The Morgan fingerprint density at radius 3 is 3.18 bits per heavy atom. The first-order valence-corrected chi connectivity index (χ1v) is 6.72. The summed E-state index contributed by atoms with van der Waals surface area (Å²) in [7, 11) is 0. The van der Waals surface area contributed by atoms with E-state index in [1.54, 1.807) is 0 Å². The fraction of sp³-hybridized carbons (Fsp3) is 0.600. The number of fused-ring (bicyclic) bond motifs is 2. The molecule has 1 fully saturated rings. The Hall–Kier alpha value is -0.860. The maximum Gasteiger partial charge on any atom is 0.106 e. The molecule has 0 bridgehead atoms. The molecule has 0 aromatic heterocycles. The highest BCUT2D eigenvalue weighted by atomic mass is 16.5. The first-order chi connectivity index (χ1) is 8.23. The minimum atomic E-state index is -0.0414. The van der Waals surface area contributed by atoms with Gasteiger partial charge in [0.2, 0.25) is 0 Å². The van der Waals surface area contributed by atoms with E-state index in [0.29, 0.717) is 6.10 Å². The highest BCUT2D eigenvalue weighted by Gasteiger charge is 2.43. The molecule has 2 atom stereocenters. The van der Waals surface area contributed by atoms with E-state index in [1.165, 1.54) is 16.7 Å². The summed E-state index contributed by atoms with van der Waals surface area (Å²) in [5, 5.41) is 3.55. The smallest absolute Gasteiger partial charge is 0.106 e. The van der Waals surface area contributed by atoms with Crippen molar-refractivity contribution in [3.63, 3.8) is 0 Å². The average molecular weight is 231 g/mol. The van der Waals surface area contributed by atoms with E-state index < -0.39 is 0 Å². The van der Waals surface area contributed by atoms with Crippen LogP contribution in [0, 0.1) is 6.92 Å². The van der Waals surface area contributed by atoms with E-state index in [4.69, 9.17) is 4.74 Å². The maximum absolute atomic E-state index is 6.40. The summed E-state index contributed by atoms with van der Waals surface area (Å²) in [6.45, 7) is 6.34. The first-order valence-electron chi connectivity index (χ1n) is 6.72. The number of morpholine rings is 1. The van der Waals surface area contributed by atoms with Crippen molar-refractivity contribution < 1.29 is 4.74 Å². The lowest BCUT2D eigenvalue weighted by Crippen LogP contribution is -2.50. The van der Waals surface area contributed by atoms with Crippen molar-refractivity contribution in [3.05, 3.63) is 34.9 Å². The van der Waals surface area contributed by atoms with Crippen LogP contribution in [-0.2, 0) is 16.8 Å². The van der Waals surface area contributed by atoms with Gasteiger partial charge in [-0.15, -0.1) is 0 Å². The van der Waals surface area contributed by atoms with Gasteiger partial charge in [-0.2, -0.15) is 0 Å². The largest absolute Gasteiger partial charge is 0.364 e. The molecule has 3 rings (SSSR count). The van der Waals surface area contributed by atoms with E-state index >= 15 is 0 Å². The van der Waals surface area contributed by atoms with Gasteiger partial charge in [-0.3, -0.25) is 0 Å². The predicted molar refractivity (Wildman–Crippen MR) is 69.2 cm³/mol. The van der Waals surface area contributed by atoms with Crippen LogP contribution in [0.25, 0.3) is 0 Å². The minimum Gasteiger partial charge on any atom is -0.364 e. The molecule has 1 aliphatic heterocycles. The maximum atomic E-state index is 6.40. The standard InChI is InChI=1S/C15H21NO/c1-3-13-9-16-10-15(17-13)7-6-12-5-4-11(2)8-14(12)15/h4-5,8,13,16H,3,6-7,9-10H2,1-2H3. The topological polar surface area (TPSA) is 21.3 Å². The molecule has 0 saturated carbocycles. The van der Waals surface area contributed by atoms with Crippen molar-refractivity contribution in [1.29, 1.82) is 0 Å². The summed E-state index contributed by atoms with van der Waals surface area (Å²) in [5.41, 5.74) is 4.21. The lowest BCUT2D eigenvalue weighted by atomic mass is 9.92. The van der Waals surface area contributed by atoms with Gasteiger partial charge in [-0.25, -0.2) is 0 Å². The molecule has 1 aromatic carbocycles. The Bertz CT molecular complexity index is 425. The van der Waals surface area contributed by atoms with Crippen LogP contribution < -0.4 is 5.32 Å². The number of hydrogen-bond acceptors (Lipinski definition) is 2. The summed E-state index contributed by atoms with van der Waals surface area (Å²) in [4.78, 5) is 0. The fourth-order valence-corrected chi connectivity index (χ4v) is 3.17. The van der Waals surface area contributed by atoms with Gasteiger partial charge in [0.05, 0.1) is 6.10 Å². The summed E-state index contributed by atoms with van der Waals surface area (Å²) >= 11 is 0. The Morgan fingerprint density at radius 2 is 2.35 bits per heavy atom. The SMILES string of the molecule is CCC1CNCC2(CCc3ccc(C)cc32)O1. The molecule has 0 radical (unpaired) electrons. The third kappa shape index (κ3) is 1.80. The second kappa shape index (κ2) is 4.11. The molecule has 2 aliphatic rings. The van der Waals surface area contributed by atoms with Gasteiger partial charge < -0.3 is 10.1 Å². The van der Waals surface area contributed by atoms with Crippen LogP contribution in [0.5, 0.6) is 0 Å². The van der Waals surface area contributed by atoms with E-state index in [0.717, 1.165) is 32.4 Å². The van der Waals surface area contributed by atoms with E-state index in [1.807, 2.05) is 0 Å². The molecule has 92 valence electrons. The summed E-state index contributed by atoms with van der Waals surface area (Å²) < 4.78 is 6.40. The Kier molecular flexibility index (Phi) is 2.72. The van der Waals surface area contributed by atoms with Crippen molar-refractivity contribution in [2.75, 3.05) is 13.1 Å². The van der Waals surface area contributed by atoms with Gasteiger partial charge in [0.1, 0.15) is 5.60 Å². The van der Waals surface area contributed by atoms with Crippen molar-refractivity contribution >= 4 is 0 Å². The quantitative estimate of drug-likeness (QED) is 0.802. The van der Waals surface area contributed by atoms with E-state index in [2.05, 4.69) is 37.4 Å². The lowest BCUT2D eigenvalue weighted by molar-refractivity contribution is -0.121. The van der Waals surface area contributed by atoms with Crippen LogP contribution in [0.1, 0.15) is 36.5 Å². The molecule has 17 heavy (non-hydrogen) atoms. The predicted octanol–water partition coefficient (Wildman–Crippen LogP) is 2.53. The van der Waals surface area contributed by atoms with Crippen molar-refractivity contribution in [1.82, 2.24) is 5.32 Å². The third-order valence-electron chi connectivity index (χ3n) is 4.18. The van der Waals surface area contributed by atoms with Crippen molar-refractivity contribution in [3.8, 4) is 0 Å². The lowest BCUT2D eigenvalue weighted by Gasteiger charge is -2.40. The number of hydrogen-bond donors (Lipinski definition) is 1. The number of rotatable bonds is 1. The minimum absolute atomic E-state index is 0.0414. The normalized spacial score (nSPS) is 31.8. The average Bonchev–Trinajstić information content (AvgIpc) is 2.68. The molecule has 1 aromatic rings. The van der Waals surface area contributed by atoms with Crippen LogP contribution in [0.3, 0.4) is 0 Å². The van der Waals surface area contributed by atoms with Crippen LogP contribution in [0.4, 0.5) is 0 Å². The molecule has 2 heteroatoms. The first kappa shape index (κ1) is 11.2. The molecule has 2 nitrogen and oxygen atoms in total. The zero-order chi connectivity index (χ0) is 11.9. The number of nitrogens with one attached hydrogen (secondary N) is 1. The van der Waals surface area contributed by atoms with Crippen molar-refractivity contribution in [2.45, 2.75) is 44.8 Å². The molecule has 1 N–H and O–H groups in total.